The maximum atomic E-state index is 13.6. The third kappa shape index (κ3) is 5.82. The van der Waals surface area contributed by atoms with E-state index in [-0.39, 0.29) is 11.4 Å². The first kappa shape index (κ1) is 25.9. The number of likely N-dealkylation sites (tertiary alicyclic amines) is 1. The van der Waals surface area contributed by atoms with Crippen molar-refractivity contribution in [1.29, 1.82) is 5.26 Å². The van der Waals surface area contributed by atoms with Crippen molar-refractivity contribution < 1.29 is 36.1 Å². The zero-order valence-electron chi connectivity index (χ0n) is 18.6. The molecule has 1 atom stereocenters. The van der Waals surface area contributed by atoms with Crippen LogP contribution in [-0.4, -0.2) is 61.7 Å². The van der Waals surface area contributed by atoms with Crippen molar-refractivity contribution >= 4 is 24.0 Å². The molecule has 0 spiro atoms. The van der Waals surface area contributed by atoms with Gasteiger partial charge >= 0.3 is 11.0 Å². The molecule has 0 unspecified atom stereocenters. The smallest absolute Gasteiger partial charge is 0.348 e. The summed E-state index contributed by atoms with van der Waals surface area (Å²) in [5.74, 6) is -5.21. The fourth-order valence-corrected chi connectivity index (χ4v) is 3.87. The molecule has 3 heterocycles. The monoisotopic (exact) mass is 541 g/mol. The van der Waals surface area contributed by atoms with Crippen molar-refractivity contribution in [2.45, 2.75) is 31.1 Å². The van der Waals surface area contributed by atoms with Gasteiger partial charge in [0, 0.05) is 18.2 Å². The highest BCUT2D eigenvalue weighted by atomic mass is 32.1. The Morgan fingerprint density at radius 3 is 2.59 bits per heavy atom. The van der Waals surface area contributed by atoms with E-state index in [1.54, 1.807) is 30.3 Å². The first-order valence-corrected chi connectivity index (χ1v) is 10.9. The summed E-state index contributed by atoms with van der Waals surface area (Å²) >= 11 is 4.78. The molecule has 194 valence electrons. The number of benzene rings is 1. The molecule has 4 rings (SSSR count). The van der Waals surface area contributed by atoms with E-state index in [0.717, 1.165) is 10.9 Å². The van der Waals surface area contributed by atoms with Crippen LogP contribution in [0.3, 0.4) is 0 Å². The average Bonchev–Trinajstić information content (AvgIpc) is 3.54. The zero-order valence-corrected chi connectivity index (χ0v) is 19.4. The number of nitrogens with zero attached hydrogens (tertiary/aromatic N) is 5. The Balaban J connectivity index is 1.47. The van der Waals surface area contributed by atoms with E-state index in [2.05, 4.69) is 15.2 Å². The molecule has 0 bridgehead atoms. The maximum absolute atomic E-state index is 13.6. The molecule has 1 aromatic carbocycles. The molecular formula is C21H16F5N7O3S. The van der Waals surface area contributed by atoms with Crippen LogP contribution in [0.15, 0.2) is 35.0 Å². The third-order valence-electron chi connectivity index (χ3n) is 5.42. The number of aromatic amines is 1. The molecule has 1 aliphatic heterocycles. The summed E-state index contributed by atoms with van der Waals surface area (Å²) in [4.78, 5) is 29.3. The number of hydrogen-bond acceptors (Lipinski definition) is 7. The SMILES string of the molecule is N#C[C@@H]1CC(F)(F)CN1C(=O)CNC(=O)c1cn(Cc2ccc(-c3nc(=S)o[nH]3)cc2)nc1C(F)(F)F. The second-order valence-corrected chi connectivity index (χ2v) is 8.47. The summed E-state index contributed by atoms with van der Waals surface area (Å²) < 4.78 is 73.5. The lowest BCUT2D eigenvalue weighted by Gasteiger charge is -2.19. The van der Waals surface area contributed by atoms with Crippen LogP contribution in [0, 0.1) is 16.2 Å². The Morgan fingerprint density at radius 1 is 1.30 bits per heavy atom. The number of nitriles is 1. The molecule has 0 aliphatic carbocycles. The fraction of sp³-hybridized carbons (Fsp3) is 0.333. The minimum absolute atomic E-state index is 0.00560. The minimum Gasteiger partial charge on any atom is -0.348 e. The van der Waals surface area contributed by atoms with E-state index in [1.807, 2.05) is 5.32 Å². The van der Waals surface area contributed by atoms with Gasteiger partial charge in [0.15, 0.2) is 11.5 Å². The number of halogens is 5. The first-order chi connectivity index (χ1) is 17.4. The van der Waals surface area contributed by atoms with Crippen molar-refractivity contribution in [1.82, 2.24) is 30.1 Å². The molecule has 10 nitrogen and oxygen atoms in total. The number of amides is 2. The fourth-order valence-electron chi connectivity index (χ4n) is 3.73. The summed E-state index contributed by atoms with van der Waals surface area (Å²) in [6.07, 6.45) is -4.98. The van der Waals surface area contributed by atoms with Crippen LogP contribution in [0.1, 0.15) is 28.0 Å². The molecular weight excluding hydrogens is 525 g/mol. The lowest BCUT2D eigenvalue weighted by molar-refractivity contribution is -0.141. The quantitative estimate of drug-likeness (QED) is 0.362. The van der Waals surface area contributed by atoms with Gasteiger partial charge in [-0.05, 0) is 17.8 Å². The number of aromatic nitrogens is 4. The molecule has 16 heteroatoms. The number of hydrogen-bond donors (Lipinski definition) is 2. The van der Waals surface area contributed by atoms with Crippen molar-refractivity contribution in [3.63, 3.8) is 0 Å². The Hall–Kier alpha value is -4.13. The molecule has 1 saturated heterocycles. The molecule has 1 aliphatic rings. The molecule has 0 radical (unpaired) electrons. The van der Waals surface area contributed by atoms with Gasteiger partial charge in [0.25, 0.3) is 11.8 Å². The van der Waals surface area contributed by atoms with Crippen LogP contribution in [-0.2, 0) is 17.5 Å². The van der Waals surface area contributed by atoms with Gasteiger partial charge in [-0.3, -0.25) is 14.3 Å². The largest absolute Gasteiger partial charge is 0.435 e. The number of carbonyl (C=O) groups excluding carboxylic acids is 2. The van der Waals surface area contributed by atoms with Crippen LogP contribution in [0.5, 0.6) is 0 Å². The predicted molar refractivity (Wildman–Crippen MR) is 116 cm³/mol. The lowest BCUT2D eigenvalue weighted by atomic mass is 10.1. The van der Waals surface area contributed by atoms with Gasteiger partial charge in [-0.25, -0.2) is 13.9 Å². The van der Waals surface area contributed by atoms with Gasteiger partial charge in [0.05, 0.1) is 31.3 Å². The van der Waals surface area contributed by atoms with Gasteiger partial charge in [0.2, 0.25) is 5.91 Å². The Labute approximate surface area is 209 Å². The summed E-state index contributed by atoms with van der Waals surface area (Å²) in [6.45, 7) is -2.02. The Kier molecular flexibility index (Phi) is 6.82. The van der Waals surface area contributed by atoms with Crippen LogP contribution >= 0.6 is 12.2 Å². The van der Waals surface area contributed by atoms with Gasteiger partial charge in [0.1, 0.15) is 6.04 Å². The zero-order chi connectivity index (χ0) is 27.0. The van der Waals surface area contributed by atoms with Gasteiger partial charge in [-0.15, -0.1) is 0 Å². The molecule has 3 aromatic rings. The van der Waals surface area contributed by atoms with Crippen molar-refractivity contribution in [3.05, 3.63) is 52.1 Å². The maximum Gasteiger partial charge on any atom is 0.435 e. The van der Waals surface area contributed by atoms with Crippen LogP contribution < -0.4 is 5.32 Å². The van der Waals surface area contributed by atoms with Crippen LogP contribution in [0.25, 0.3) is 11.4 Å². The van der Waals surface area contributed by atoms with Gasteiger partial charge < -0.3 is 14.7 Å². The molecule has 1 fully saturated rings. The van der Waals surface area contributed by atoms with E-state index in [4.69, 9.17) is 22.0 Å². The molecule has 2 aromatic heterocycles. The number of nitrogens with one attached hydrogen (secondary N) is 2. The summed E-state index contributed by atoms with van der Waals surface area (Å²) in [5.41, 5.74) is -1.18. The molecule has 2 N–H and O–H groups in total. The predicted octanol–water partition coefficient (Wildman–Crippen LogP) is 3.15. The van der Waals surface area contributed by atoms with Gasteiger partial charge in [-0.2, -0.15) is 28.5 Å². The highest BCUT2D eigenvalue weighted by molar-refractivity contribution is 7.71. The third-order valence-corrected chi connectivity index (χ3v) is 5.60. The summed E-state index contributed by atoms with van der Waals surface area (Å²) in [5, 5.41) is 17.0. The second kappa shape index (κ2) is 9.73. The van der Waals surface area contributed by atoms with Crippen molar-refractivity contribution in [3.8, 4) is 17.5 Å². The number of rotatable bonds is 6. The topological polar surface area (TPSA) is 133 Å². The van der Waals surface area contributed by atoms with Crippen LogP contribution in [0.4, 0.5) is 22.0 Å². The van der Waals surface area contributed by atoms with Crippen molar-refractivity contribution in [2.24, 2.45) is 0 Å². The van der Waals surface area contributed by atoms with E-state index >= 15 is 0 Å². The van der Waals surface area contributed by atoms with E-state index in [0.29, 0.717) is 21.9 Å². The van der Waals surface area contributed by atoms with E-state index < -0.39 is 60.7 Å². The summed E-state index contributed by atoms with van der Waals surface area (Å²) in [6, 6.07) is 6.63. The van der Waals surface area contributed by atoms with Gasteiger partial charge in [-0.1, -0.05) is 24.3 Å². The van der Waals surface area contributed by atoms with Crippen molar-refractivity contribution in [2.75, 3.05) is 13.1 Å². The first-order valence-electron chi connectivity index (χ1n) is 10.5. The minimum atomic E-state index is -4.99. The Morgan fingerprint density at radius 2 is 2.00 bits per heavy atom. The summed E-state index contributed by atoms with van der Waals surface area (Å²) in [7, 11) is 0. The highest BCUT2D eigenvalue weighted by Crippen LogP contribution is 2.32. The second-order valence-electron chi connectivity index (χ2n) is 8.12. The standard InChI is InChI=1S/C21H16F5N7O3S/c22-20(23)5-13(6-27)33(10-20)15(34)7-28-18(35)14-9-32(30-16(14)21(24,25)26)8-11-1-3-12(4-2-11)17-29-19(37)36-31-17/h1-4,9,13H,5,7-8,10H2,(H,28,35)(H,29,31,37)/t13-/m0/s1. The molecule has 0 saturated carbocycles. The number of alkyl halides is 5. The van der Waals surface area contributed by atoms with E-state index in [1.165, 1.54) is 0 Å². The van der Waals surface area contributed by atoms with E-state index in [9.17, 15) is 31.5 Å². The Bertz CT molecular complexity index is 1420. The highest BCUT2D eigenvalue weighted by Gasteiger charge is 2.47. The average molecular weight is 541 g/mol. The number of H-pyrrole nitrogens is 1. The number of carbonyl (C=O) groups is 2. The normalized spacial score (nSPS) is 17.0. The van der Waals surface area contributed by atoms with Crippen LogP contribution in [0.2, 0.25) is 0 Å². The molecule has 2 amide bonds. The lowest BCUT2D eigenvalue weighted by Crippen LogP contribution is -2.43. The molecule has 37 heavy (non-hydrogen) atoms.